The van der Waals surface area contributed by atoms with E-state index in [1.165, 1.54) is 0 Å². The van der Waals surface area contributed by atoms with E-state index in [0.717, 1.165) is 6.20 Å². The number of nitrogen functional groups attached to an aromatic ring is 1. The van der Waals surface area contributed by atoms with Crippen molar-refractivity contribution in [1.82, 2.24) is 9.97 Å². The van der Waals surface area contributed by atoms with Crippen molar-refractivity contribution < 1.29 is 18.8 Å². The number of nitrogens with zero attached hydrogens (tertiary/aromatic N) is 2. The van der Waals surface area contributed by atoms with Crippen LogP contribution in [0.5, 0.6) is 5.88 Å². The molecule has 6 nitrogen and oxygen atoms in total. The summed E-state index contributed by atoms with van der Waals surface area (Å²) in [7, 11) is -2.67. The summed E-state index contributed by atoms with van der Waals surface area (Å²) in [4.78, 5) is 17.3. The van der Waals surface area contributed by atoms with Crippen LogP contribution < -0.4 is 10.5 Å². The van der Waals surface area contributed by atoms with Crippen molar-refractivity contribution in [3.05, 3.63) is 11.9 Å². The van der Waals surface area contributed by atoms with Crippen molar-refractivity contribution in [2.45, 2.75) is 0 Å². The molecule has 0 fully saturated rings. The molecule has 1 rings (SSSR count). The van der Waals surface area contributed by atoms with Crippen molar-refractivity contribution in [2.75, 3.05) is 12.8 Å². The molecule has 6 heteroatoms. The average molecular weight is 172 g/mol. The minimum Gasteiger partial charge on any atom is -0.480 e. The summed E-state index contributed by atoms with van der Waals surface area (Å²) in [6.07, 6.45) is 0.881. The summed E-state index contributed by atoms with van der Waals surface area (Å²) >= 11 is 0. The van der Waals surface area contributed by atoms with Crippen molar-refractivity contribution in [1.29, 1.82) is 0 Å². The topological polar surface area (TPSA) is 98.3 Å². The molecule has 0 saturated heterocycles. The summed E-state index contributed by atoms with van der Waals surface area (Å²) in [5.41, 5.74) is 4.77. The lowest BCUT2D eigenvalue weighted by Crippen LogP contribution is -2.07. The summed E-state index contributed by atoms with van der Waals surface area (Å²) in [6.45, 7) is 0. The molecule has 0 atom stereocenters. The maximum atomic E-state index is 10.5. The molecule has 0 aliphatic heterocycles. The Morgan fingerprint density at radius 2 is 2.67 bits per heavy atom. The van der Waals surface area contributed by atoms with E-state index in [9.17, 15) is 4.79 Å². The molecule has 0 radical (unpaired) electrons. The number of nitrogens with two attached hydrogens (primary N) is 1. The van der Waals surface area contributed by atoms with Crippen molar-refractivity contribution >= 4 is 11.8 Å². The number of carboxylic acid groups (broad SMARTS) is 1. The highest BCUT2D eigenvalue weighted by Gasteiger charge is 2.11. The summed E-state index contributed by atoms with van der Waals surface area (Å²) in [6, 6.07) is 0. The van der Waals surface area contributed by atoms with Gasteiger partial charge in [-0.15, -0.1) is 0 Å². The van der Waals surface area contributed by atoms with Gasteiger partial charge in [-0.2, -0.15) is 4.98 Å². The molecule has 0 aromatic carbocycles. The van der Waals surface area contributed by atoms with E-state index in [0.29, 0.717) is 0 Å². The lowest BCUT2D eigenvalue weighted by molar-refractivity contribution is 0.0691. The van der Waals surface area contributed by atoms with E-state index >= 15 is 0 Å². The van der Waals surface area contributed by atoms with E-state index in [-0.39, 0.29) is 5.88 Å². The Labute approximate surface area is 72.2 Å². The van der Waals surface area contributed by atoms with Gasteiger partial charge in [0.15, 0.2) is 11.5 Å². The number of aromatic carboxylic acids is 1. The molecule has 0 amide bonds. The molecular weight excluding hydrogens is 162 g/mol. The Hall–Kier alpha value is -1.85. The second kappa shape index (κ2) is 3.04. The molecule has 0 spiro atoms. The lowest BCUT2D eigenvalue weighted by atomic mass is 10.4. The maximum absolute atomic E-state index is 10.5. The van der Waals surface area contributed by atoms with Gasteiger partial charge >= 0.3 is 5.97 Å². The molecule has 0 aliphatic carbocycles. The highest BCUT2D eigenvalue weighted by atomic mass is 16.5. The Balaban J connectivity index is 2.97. The number of hydrogen-bond acceptors (Lipinski definition) is 5. The second-order valence-electron chi connectivity index (χ2n) is 1.85. The first-order valence-electron chi connectivity index (χ1n) is 4.34. The fourth-order valence-corrected chi connectivity index (χ4v) is 0.600. The molecule has 0 saturated carbocycles. The monoisotopic (exact) mass is 172 g/mol. The van der Waals surface area contributed by atoms with Crippen LogP contribution in [-0.2, 0) is 0 Å². The molecule has 64 valence electrons. The van der Waals surface area contributed by atoms with Crippen LogP contribution in [0.1, 0.15) is 14.6 Å². The van der Waals surface area contributed by atoms with Crippen molar-refractivity contribution in [3.8, 4) is 5.88 Å². The van der Waals surface area contributed by atoms with Crippen LogP contribution in [0.3, 0.4) is 0 Å². The molecule has 12 heavy (non-hydrogen) atoms. The van der Waals surface area contributed by atoms with Gasteiger partial charge in [-0.1, -0.05) is 0 Å². The zero-order chi connectivity index (χ0) is 11.6. The molecule has 1 aromatic rings. The van der Waals surface area contributed by atoms with Crippen molar-refractivity contribution in [3.63, 3.8) is 0 Å². The fraction of sp³-hybridized carbons (Fsp3) is 0.167. The van der Waals surface area contributed by atoms with E-state index in [4.69, 9.17) is 15.0 Å². The summed E-state index contributed by atoms with van der Waals surface area (Å²) < 4.78 is 24.7. The number of methoxy groups -OCH3 is 1. The van der Waals surface area contributed by atoms with Gasteiger partial charge in [-0.25, -0.2) is 9.78 Å². The van der Waals surface area contributed by atoms with Gasteiger partial charge < -0.3 is 15.6 Å². The second-order valence-corrected chi connectivity index (χ2v) is 1.85. The predicted molar refractivity (Wildman–Crippen MR) is 40.0 cm³/mol. The third kappa shape index (κ3) is 1.42. The van der Waals surface area contributed by atoms with Gasteiger partial charge in [0.2, 0.25) is 5.88 Å². The van der Waals surface area contributed by atoms with Crippen LogP contribution in [0, 0.1) is 0 Å². The van der Waals surface area contributed by atoms with Gasteiger partial charge in [0, 0.05) is 0 Å². The van der Waals surface area contributed by atoms with Gasteiger partial charge in [0.25, 0.3) is 0 Å². The van der Waals surface area contributed by atoms with Crippen LogP contribution in [0.15, 0.2) is 6.20 Å². The maximum Gasteiger partial charge on any atom is 0.358 e. The predicted octanol–water partition coefficient (Wildman–Crippen LogP) is -0.234. The lowest BCUT2D eigenvalue weighted by Gasteiger charge is -2.00. The van der Waals surface area contributed by atoms with Gasteiger partial charge in [0.05, 0.1) is 17.3 Å². The molecule has 0 unspecified atom stereocenters. The zero-order valence-corrected chi connectivity index (χ0v) is 5.81. The number of anilines is 1. The van der Waals surface area contributed by atoms with E-state index < -0.39 is 24.5 Å². The minimum atomic E-state index is -2.67. The normalized spacial score (nSPS) is 14.2. The Morgan fingerprint density at radius 1 is 1.92 bits per heavy atom. The first-order chi connectivity index (χ1) is 6.79. The number of carbonyl (C=O) groups is 1. The van der Waals surface area contributed by atoms with E-state index in [2.05, 4.69) is 14.7 Å². The standard InChI is InChI=1S/C6H7N3O3/c1-12-3-2-8-4(6(10)11)5(7)9-3/h2H,1H3,(H2,7,9)(H,10,11)/i1D3. The van der Waals surface area contributed by atoms with Crippen LogP contribution in [0.25, 0.3) is 0 Å². The molecule has 0 bridgehead atoms. The fourth-order valence-electron chi connectivity index (χ4n) is 0.600. The minimum absolute atomic E-state index is 0.350. The van der Waals surface area contributed by atoms with Gasteiger partial charge in [-0.3, -0.25) is 0 Å². The number of hydrogen-bond donors (Lipinski definition) is 2. The quantitative estimate of drug-likeness (QED) is 0.639. The number of ether oxygens (including phenoxy) is 1. The number of rotatable bonds is 2. The number of aromatic nitrogens is 2. The Morgan fingerprint density at radius 3 is 3.17 bits per heavy atom. The van der Waals surface area contributed by atoms with Crippen LogP contribution in [0.4, 0.5) is 5.82 Å². The SMILES string of the molecule is [2H]C([2H])([2H])Oc1cnc(C(=O)O)c(N)n1. The zero-order valence-electron chi connectivity index (χ0n) is 8.81. The van der Waals surface area contributed by atoms with Crippen molar-refractivity contribution in [2.24, 2.45) is 0 Å². The molecule has 0 aliphatic rings. The summed E-state index contributed by atoms with van der Waals surface area (Å²) in [5, 5.41) is 8.55. The molecule has 3 N–H and O–H groups in total. The molecule has 1 heterocycles. The largest absolute Gasteiger partial charge is 0.480 e. The first kappa shape index (κ1) is 4.91. The summed E-state index contributed by atoms with van der Waals surface area (Å²) in [5.74, 6) is -2.10. The van der Waals surface area contributed by atoms with E-state index in [1.807, 2.05) is 0 Å². The first-order valence-corrected chi connectivity index (χ1v) is 2.84. The highest BCUT2D eigenvalue weighted by molar-refractivity contribution is 5.90. The third-order valence-electron chi connectivity index (χ3n) is 1.08. The number of carboxylic acids is 1. The smallest absolute Gasteiger partial charge is 0.358 e. The van der Waals surface area contributed by atoms with E-state index in [1.54, 1.807) is 0 Å². The van der Waals surface area contributed by atoms with Crippen LogP contribution >= 0.6 is 0 Å². The molecular formula is C6H7N3O3. The Kier molecular flexibility index (Phi) is 1.24. The van der Waals surface area contributed by atoms with Crippen LogP contribution in [0.2, 0.25) is 0 Å². The van der Waals surface area contributed by atoms with Gasteiger partial charge in [0.1, 0.15) is 0 Å². The highest BCUT2D eigenvalue weighted by Crippen LogP contribution is 2.10. The molecule has 1 aromatic heterocycles. The van der Waals surface area contributed by atoms with Crippen LogP contribution in [-0.4, -0.2) is 28.1 Å². The van der Waals surface area contributed by atoms with Gasteiger partial charge in [-0.05, 0) is 0 Å². The third-order valence-corrected chi connectivity index (χ3v) is 1.08. The Bertz CT molecular complexity index is 393. The average Bonchev–Trinajstić information content (AvgIpc) is 1.99.